The van der Waals surface area contributed by atoms with Gasteiger partial charge >= 0.3 is 10.1 Å². The summed E-state index contributed by atoms with van der Waals surface area (Å²) < 4.78 is 41.5. The second-order valence-electron chi connectivity index (χ2n) is 6.86. The molecule has 0 aromatic heterocycles. The fourth-order valence-corrected chi connectivity index (χ4v) is 4.13. The lowest BCUT2D eigenvalue weighted by molar-refractivity contribution is -0.131. The lowest BCUT2D eigenvalue weighted by Gasteiger charge is -2.25. The molecule has 8 heteroatoms. The second kappa shape index (κ2) is 9.28. The fraction of sp³-hybridized carbons (Fsp3) is 0.381. The quantitative estimate of drug-likeness (QED) is 0.612. The zero-order valence-corrected chi connectivity index (χ0v) is 17.4. The molecule has 0 spiro atoms. The van der Waals surface area contributed by atoms with E-state index < -0.39 is 10.1 Å². The van der Waals surface area contributed by atoms with Crippen LogP contribution >= 0.6 is 0 Å². The number of hydrogen-bond acceptors (Lipinski definition) is 6. The Kier molecular flexibility index (Phi) is 6.76. The van der Waals surface area contributed by atoms with Crippen LogP contribution < -0.4 is 8.92 Å². The molecule has 3 rings (SSSR count). The van der Waals surface area contributed by atoms with Gasteiger partial charge in [-0.25, -0.2) is 0 Å². The maximum absolute atomic E-state index is 12.7. The molecule has 0 N–H and O–H groups in total. The summed E-state index contributed by atoms with van der Waals surface area (Å²) in [6.45, 7) is 2.90. The minimum absolute atomic E-state index is 0.00927. The molecule has 1 saturated heterocycles. The molecule has 1 heterocycles. The Morgan fingerprint density at radius 1 is 1.17 bits per heavy atom. The molecule has 2 aromatic carbocycles. The van der Waals surface area contributed by atoms with Gasteiger partial charge < -0.3 is 18.6 Å². The van der Waals surface area contributed by atoms with Crippen LogP contribution in [0.15, 0.2) is 53.4 Å². The third kappa shape index (κ3) is 5.48. The largest absolute Gasteiger partial charge is 0.497 e. The number of benzene rings is 2. The van der Waals surface area contributed by atoms with Crippen molar-refractivity contribution < 1.29 is 26.9 Å². The Morgan fingerprint density at radius 2 is 1.90 bits per heavy atom. The van der Waals surface area contributed by atoms with Gasteiger partial charge in [0.2, 0.25) is 5.91 Å². The van der Waals surface area contributed by atoms with Gasteiger partial charge in [0.1, 0.15) is 16.4 Å². The van der Waals surface area contributed by atoms with Crippen LogP contribution in [0.5, 0.6) is 11.5 Å². The second-order valence-corrected chi connectivity index (χ2v) is 8.40. The SMILES string of the molecule is COc1ccc(S(=O)(=O)Oc2ccccc2CN(CC2CCCO2)C(C)=O)cc1. The van der Waals surface area contributed by atoms with Crippen molar-refractivity contribution in [1.82, 2.24) is 4.90 Å². The molecule has 1 aliphatic rings. The van der Waals surface area contributed by atoms with Crippen LogP contribution in [0.25, 0.3) is 0 Å². The smallest absolute Gasteiger partial charge is 0.339 e. The van der Waals surface area contributed by atoms with Gasteiger partial charge in [-0.05, 0) is 43.2 Å². The van der Waals surface area contributed by atoms with Gasteiger partial charge in [-0.1, -0.05) is 18.2 Å². The normalized spacial score (nSPS) is 16.4. The lowest BCUT2D eigenvalue weighted by atomic mass is 10.1. The molecular weight excluding hydrogens is 394 g/mol. The molecule has 1 amide bonds. The maximum atomic E-state index is 12.7. The Labute approximate surface area is 171 Å². The van der Waals surface area contributed by atoms with Gasteiger partial charge in [0.25, 0.3) is 0 Å². The van der Waals surface area contributed by atoms with E-state index in [1.54, 1.807) is 41.3 Å². The van der Waals surface area contributed by atoms with Crippen LogP contribution in [-0.2, 0) is 26.2 Å². The van der Waals surface area contributed by atoms with E-state index in [0.29, 0.717) is 24.5 Å². The minimum Gasteiger partial charge on any atom is -0.497 e. The zero-order chi connectivity index (χ0) is 20.9. The van der Waals surface area contributed by atoms with Crippen LogP contribution in [0, 0.1) is 0 Å². The molecule has 1 unspecified atom stereocenters. The number of para-hydroxylation sites is 1. The molecule has 0 bridgehead atoms. The molecule has 2 aromatic rings. The first-order valence-electron chi connectivity index (χ1n) is 9.42. The van der Waals surface area contributed by atoms with Crippen LogP contribution in [0.3, 0.4) is 0 Å². The number of hydrogen-bond donors (Lipinski definition) is 0. The van der Waals surface area contributed by atoms with Crippen molar-refractivity contribution in [3.8, 4) is 11.5 Å². The van der Waals surface area contributed by atoms with Crippen LogP contribution in [0.4, 0.5) is 0 Å². The van der Waals surface area contributed by atoms with Gasteiger partial charge in [-0.2, -0.15) is 8.42 Å². The molecule has 29 heavy (non-hydrogen) atoms. The van der Waals surface area contributed by atoms with Crippen molar-refractivity contribution in [2.75, 3.05) is 20.3 Å². The summed E-state index contributed by atoms with van der Waals surface area (Å²) in [7, 11) is -2.52. The lowest BCUT2D eigenvalue weighted by Crippen LogP contribution is -2.35. The standard InChI is InChI=1S/C21H25NO6S/c1-16(23)22(15-19-7-5-13-27-19)14-17-6-3-4-8-21(17)28-29(24,25)20-11-9-18(26-2)10-12-20/h3-4,6,8-12,19H,5,7,13-15H2,1-2H3. The minimum atomic E-state index is -4.02. The topological polar surface area (TPSA) is 82.1 Å². The molecule has 1 atom stereocenters. The molecular formula is C21H25NO6S. The van der Waals surface area contributed by atoms with E-state index in [1.165, 1.54) is 26.2 Å². The van der Waals surface area contributed by atoms with Gasteiger partial charge in [0.05, 0.1) is 13.2 Å². The Hall–Kier alpha value is -2.58. The van der Waals surface area contributed by atoms with Crippen molar-refractivity contribution in [2.45, 2.75) is 37.3 Å². The number of methoxy groups -OCH3 is 1. The summed E-state index contributed by atoms with van der Waals surface area (Å²) in [5.41, 5.74) is 0.609. The summed E-state index contributed by atoms with van der Waals surface area (Å²) in [5.74, 6) is 0.644. The van der Waals surface area contributed by atoms with Crippen LogP contribution in [-0.4, -0.2) is 45.6 Å². The highest BCUT2D eigenvalue weighted by atomic mass is 32.2. The van der Waals surface area contributed by atoms with Gasteiger partial charge in [0.15, 0.2) is 0 Å². The number of carbonyl (C=O) groups is 1. The number of nitrogens with zero attached hydrogens (tertiary/aromatic N) is 1. The maximum Gasteiger partial charge on any atom is 0.339 e. The molecule has 0 saturated carbocycles. The molecule has 1 fully saturated rings. The van der Waals surface area contributed by atoms with Crippen molar-refractivity contribution in [1.29, 1.82) is 0 Å². The number of ether oxygens (including phenoxy) is 2. The first kappa shape index (κ1) is 21.1. The monoisotopic (exact) mass is 419 g/mol. The summed E-state index contributed by atoms with van der Waals surface area (Å²) in [6, 6.07) is 12.8. The highest BCUT2D eigenvalue weighted by Gasteiger charge is 2.23. The highest BCUT2D eigenvalue weighted by molar-refractivity contribution is 7.87. The van der Waals surface area contributed by atoms with Gasteiger partial charge in [-0.3, -0.25) is 4.79 Å². The fourth-order valence-electron chi connectivity index (χ4n) is 3.17. The van der Waals surface area contributed by atoms with E-state index in [4.69, 9.17) is 13.7 Å². The Balaban J connectivity index is 1.79. The van der Waals surface area contributed by atoms with E-state index >= 15 is 0 Å². The van der Waals surface area contributed by atoms with Gasteiger partial charge in [0, 0.05) is 32.2 Å². The van der Waals surface area contributed by atoms with Crippen molar-refractivity contribution in [3.05, 3.63) is 54.1 Å². The van der Waals surface area contributed by atoms with E-state index in [-0.39, 0.29) is 29.2 Å². The van der Waals surface area contributed by atoms with Gasteiger partial charge in [-0.15, -0.1) is 0 Å². The van der Waals surface area contributed by atoms with E-state index in [9.17, 15) is 13.2 Å². The first-order chi connectivity index (χ1) is 13.9. The van der Waals surface area contributed by atoms with Crippen molar-refractivity contribution >= 4 is 16.0 Å². The van der Waals surface area contributed by atoms with Crippen molar-refractivity contribution in [3.63, 3.8) is 0 Å². The highest BCUT2D eigenvalue weighted by Crippen LogP contribution is 2.26. The Bertz CT molecular complexity index is 936. The summed E-state index contributed by atoms with van der Waals surface area (Å²) in [5, 5.41) is 0. The summed E-state index contributed by atoms with van der Waals surface area (Å²) in [4.78, 5) is 13.8. The van der Waals surface area contributed by atoms with Crippen molar-refractivity contribution in [2.24, 2.45) is 0 Å². The van der Waals surface area contributed by atoms with E-state index in [2.05, 4.69) is 0 Å². The molecule has 0 aliphatic carbocycles. The average Bonchev–Trinajstić information content (AvgIpc) is 3.22. The Morgan fingerprint density at radius 3 is 2.52 bits per heavy atom. The van der Waals surface area contributed by atoms with E-state index in [1.807, 2.05) is 0 Å². The third-order valence-corrected chi connectivity index (χ3v) is 6.02. The van der Waals surface area contributed by atoms with Crippen LogP contribution in [0.1, 0.15) is 25.3 Å². The number of carbonyl (C=O) groups excluding carboxylic acids is 1. The third-order valence-electron chi connectivity index (χ3n) is 4.77. The molecule has 7 nitrogen and oxygen atoms in total. The zero-order valence-electron chi connectivity index (χ0n) is 16.5. The first-order valence-corrected chi connectivity index (χ1v) is 10.8. The summed E-state index contributed by atoms with van der Waals surface area (Å²) >= 11 is 0. The predicted octanol–water partition coefficient (Wildman–Crippen LogP) is 2.99. The summed E-state index contributed by atoms with van der Waals surface area (Å²) in [6.07, 6.45) is 1.90. The molecule has 156 valence electrons. The van der Waals surface area contributed by atoms with Crippen LogP contribution in [0.2, 0.25) is 0 Å². The number of amides is 1. The van der Waals surface area contributed by atoms with E-state index in [0.717, 1.165) is 12.8 Å². The molecule has 1 aliphatic heterocycles. The number of rotatable bonds is 8. The average molecular weight is 419 g/mol. The predicted molar refractivity (Wildman–Crippen MR) is 107 cm³/mol. The molecule has 0 radical (unpaired) electrons.